The molecule has 0 radical (unpaired) electrons. The van der Waals surface area contributed by atoms with Crippen LogP contribution in [-0.4, -0.2) is 35.4 Å². The molecule has 0 saturated carbocycles. The first-order valence-electron chi connectivity index (χ1n) is 10.5. The Balaban J connectivity index is 2.24. The number of hydrogen-bond acceptors (Lipinski definition) is 3. The van der Waals surface area contributed by atoms with Crippen molar-refractivity contribution in [2.75, 3.05) is 7.11 Å². The van der Waals surface area contributed by atoms with Gasteiger partial charge in [-0.3, -0.25) is 9.59 Å². The lowest BCUT2D eigenvalue weighted by Crippen LogP contribution is -2.53. The van der Waals surface area contributed by atoms with Gasteiger partial charge < -0.3 is 15.0 Å². The molecule has 162 valence electrons. The van der Waals surface area contributed by atoms with E-state index >= 15 is 0 Å². The van der Waals surface area contributed by atoms with E-state index in [9.17, 15) is 9.59 Å². The van der Waals surface area contributed by atoms with Gasteiger partial charge in [0.2, 0.25) is 11.8 Å². The van der Waals surface area contributed by atoms with Gasteiger partial charge in [-0.15, -0.1) is 0 Å². The fourth-order valence-corrected chi connectivity index (χ4v) is 3.38. The minimum Gasteiger partial charge on any atom is -0.497 e. The second kappa shape index (κ2) is 10.8. The van der Waals surface area contributed by atoms with Crippen molar-refractivity contribution in [3.63, 3.8) is 0 Å². The summed E-state index contributed by atoms with van der Waals surface area (Å²) in [5, 5.41) is 3.03. The Morgan fingerprint density at radius 1 is 1.03 bits per heavy atom. The van der Waals surface area contributed by atoms with E-state index in [1.165, 1.54) is 0 Å². The molecule has 5 heteroatoms. The highest BCUT2D eigenvalue weighted by molar-refractivity contribution is 5.88. The average molecular weight is 411 g/mol. The summed E-state index contributed by atoms with van der Waals surface area (Å²) in [6, 6.07) is 17.0. The predicted octanol–water partition coefficient (Wildman–Crippen LogP) is 4.35. The molecule has 0 aromatic heterocycles. The Labute approximate surface area is 180 Å². The minimum atomic E-state index is -0.529. The third kappa shape index (κ3) is 7.21. The average Bonchev–Trinajstić information content (AvgIpc) is 2.71. The van der Waals surface area contributed by atoms with E-state index in [1.807, 2.05) is 82.3 Å². The van der Waals surface area contributed by atoms with Crippen molar-refractivity contribution in [1.29, 1.82) is 0 Å². The number of carbonyl (C=O) groups excluding carboxylic acids is 2. The molecule has 0 bridgehead atoms. The molecule has 2 aromatic rings. The summed E-state index contributed by atoms with van der Waals surface area (Å²) in [5.41, 5.74) is 1.68. The number of nitrogens with one attached hydrogen (secondary N) is 1. The summed E-state index contributed by atoms with van der Waals surface area (Å²) >= 11 is 0. The molecular formula is C25H34N2O3. The number of carbonyl (C=O) groups is 2. The second-order valence-corrected chi connectivity index (χ2v) is 8.52. The molecule has 30 heavy (non-hydrogen) atoms. The first-order chi connectivity index (χ1) is 14.2. The van der Waals surface area contributed by atoms with Crippen LogP contribution in [0, 0.1) is 0 Å². The van der Waals surface area contributed by atoms with Crippen molar-refractivity contribution in [3.05, 3.63) is 65.7 Å². The molecule has 0 spiro atoms. The Morgan fingerprint density at radius 2 is 1.70 bits per heavy atom. The summed E-state index contributed by atoms with van der Waals surface area (Å²) in [6.07, 6.45) is 1.54. The number of amides is 2. The van der Waals surface area contributed by atoms with Crippen molar-refractivity contribution in [1.82, 2.24) is 10.2 Å². The van der Waals surface area contributed by atoms with Crippen molar-refractivity contribution in [2.24, 2.45) is 0 Å². The normalized spacial score (nSPS) is 12.2. The van der Waals surface area contributed by atoms with Gasteiger partial charge in [-0.2, -0.15) is 0 Å². The highest BCUT2D eigenvalue weighted by Crippen LogP contribution is 2.19. The van der Waals surface area contributed by atoms with Crippen LogP contribution in [0.25, 0.3) is 0 Å². The van der Waals surface area contributed by atoms with Gasteiger partial charge in [0.1, 0.15) is 11.8 Å². The minimum absolute atomic E-state index is 0.0300. The van der Waals surface area contributed by atoms with Crippen LogP contribution in [0.1, 0.15) is 51.7 Å². The van der Waals surface area contributed by atoms with E-state index < -0.39 is 6.04 Å². The molecule has 0 heterocycles. The van der Waals surface area contributed by atoms with Crippen LogP contribution in [-0.2, 0) is 22.6 Å². The van der Waals surface area contributed by atoms with Crippen LogP contribution >= 0.6 is 0 Å². The Morgan fingerprint density at radius 3 is 2.30 bits per heavy atom. The van der Waals surface area contributed by atoms with E-state index in [0.717, 1.165) is 16.9 Å². The Kier molecular flexibility index (Phi) is 8.46. The molecular weight excluding hydrogens is 376 g/mol. The van der Waals surface area contributed by atoms with E-state index in [0.29, 0.717) is 25.8 Å². The zero-order valence-corrected chi connectivity index (χ0v) is 18.8. The van der Waals surface area contributed by atoms with Crippen LogP contribution in [0.15, 0.2) is 54.6 Å². The van der Waals surface area contributed by atoms with Gasteiger partial charge >= 0.3 is 0 Å². The largest absolute Gasteiger partial charge is 0.497 e. The molecule has 0 aliphatic carbocycles. The molecule has 2 rings (SSSR count). The maximum Gasteiger partial charge on any atom is 0.243 e. The number of rotatable bonds is 9. The molecule has 0 aliphatic rings. The molecule has 1 N–H and O–H groups in total. The fourth-order valence-electron chi connectivity index (χ4n) is 3.38. The first-order valence-corrected chi connectivity index (χ1v) is 10.5. The van der Waals surface area contributed by atoms with Gasteiger partial charge in [0.25, 0.3) is 0 Å². The Hall–Kier alpha value is -2.82. The molecule has 1 atom stereocenters. The monoisotopic (exact) mass is 410 g/mol. The van der Waals surface area contributed by atoms with Crippen LogP contribution < -0.4 is 10.1 Å². The van der Waals surface area contributed by atoms with E-state index in [4.69, 9.17) is 4.74 Å². The smallest absolute Gasteiger partial charge is 0.243 e. The molecule has 2 aromatic carbocycles. The Bertz CT molecular complexity index is 828. The third-order valence-electron chi connectivity index (χ3n) is 4.84. The SMILES string of the molecule is CC[C@@H](C(=O)NC(C)(C)C)N(Cc1cccc(OC)c1)C(=O)CCc1ccccc1. The fraction of sp³-hybridized carbons (Fsp3) is 0.440. The van der Waals surface area contributed by atoms with Crippen molar-refractivity contribution < 1.29 is 14.3 Å². The summed E-state index contributed by atoms with van der Waals surface area (Å²) in [7, 11) is 1.62. The molecule has 2 amide bonds. The first kappa shape index (κ1) is 23.5. The van der Waals surface area contributed by atoms with Gasteiger partial charge in [0.05, 0.1) is 7.11 Å². The number of aryl methyl sites for hydroxylation is 1. The zero-order valence-electron chi connectivity index (χ0n) is 18.8. The summed E-state index contributed by atoms with van der Waals surface area (Å²) in [5.74, 6) is 0.579. The summed E-state index contributed by atoms with van der Waals surface area (Å²) < 4.78 is 5.32. The van der Waals surface area contributed by atoms with Crippen LogP contribution in [0.2, 0.25) is 0 Å². The molecule has 0 unspecified atom stereocenters. The maximum absolute atomic E-state index is 13.3. The standard InChI is InChI=1S/C25H34N2O3/c1-6-22(24(29)26-25(2,3)4)27(18-20-13-10-14-21(17-20)30-5)23(28)16-15-19-11-8-7-9-12-19/h7-14,17,22H,6,15-16,18H2,1-5H3,(H,26,29)/t22-/m0/s1. The lowest BCUT2D eigenvalue weighted by atomic mass is 10.0. The number of ether oxygens (including phenoxy) is 1. The number of benzene rings is 2. The van der Waals surface area contributed by atoms with Crippen LogP contribution in [0.4, 0.5) is 0 Å². The predicted molar refractivity (Wildman–Crippen MR) is 120 cm³/mol. The quantitative estimate of drug-likeness (QED) is 0.669. The number of hydrogen-bond donors (Lipinski definition) is 1. The molecule has 0 fully saturated rings. The zero-order chi connectivity index (χ0) is 22.1. The van der Waals surface area contributed by atoms with Crippen LogP contribution in [0.3, 0.4) is 0 Å². The van der Waals surface area contributed by atoms with E-state index in [1.54, 1.807) is 12.0 Å². The van der Waals surface area contributed by atoms with Gasteiger partial charge in [-0.05, 0) is 56.9 Å². The lowest BCUT2D eigenvalue weighted by Gasteiger charge is -2.33. The van der Waals surface area contributed by atoms with Gasteiger partial charge in [0.15, 0.2) is 0 Å². The lowest BCUT2D eigenvalue weighted by molar-refractivity contribution is -0.142. The second-order valence-electron chi connectivity index (χ2n) is 8.52. The van der Waals surface area contributed by atoms with Crippen molar-refractivity contribution in [3.8, 4) is 5.75 Å². The van der Waals surface area contributed by atoms with Gasteiger partial charge in [-0.25, -0.2) is 0 Å². The van der Waals surface area contributed by atoms with Gasteiger partial charge in [0, 0.05) is 18.5 Å². The highest BCUT2D eigenvalue weighted by Gasteiger charge is 2.30. The summed E-state index contributed by atoms with van der Waals surface area (Å²) in [6.45, 7) is 8.14. The van der Waals surface area contributed by atoms with Crippen LogP contribution in [0.5, 0.6) is 5.75 Å². The molecule has 0 saturated heterocycles. The number of methoxy groups -OCH3 is 1. The molecule has 5 nitrogen and oxygen atoms in total. The third-order valence-corrected chi connectivity index (χ3v) is 4.84. The maximum atomic E-state index is 13.3. The van der Waals surface area contributed by atoms with Crippen molar-refractivity contribution in [2.45, 2.75) is 65.1 Å². The highest BCUT2D eigenvalue weighted by atomic mass is 16.5. The van der Waals surface area contributed by atoms with E-state index in [-0.39, 0.29) is 17.4 Å². The number of nitrogens with zero attached hydrogens (tertiary/aromatic N) is 1. The van der Waals surface area contributed by atoms with Crippen molar-refractivity contribution >= 4 is 11.8 Å². The van der Waals surface area contributed by atoms with Gasteiger partial charge in [-0.1, -0.05) is 49.4 Å². The summed E-state index contributed by atoms with van der Waals surface area (Å²) in [4.78, 5) is 28.0. The van der Waals surface area contributed by atoms with E-state index in [2.05, 4.69) is 5.32 Å². The molecule has 0 aliphatic heterocycles. The topological polar surface area (TPSA) is 58.6 Å².